The largest absolute Gasteiger partial charge is 0.394 e. The normalized spacial score (nSPS) is 21.9. The van der Waals surface area contributed by atoms with E-state index in [1.165, 1.54) is 18.0 Å². The van der Waals surface area contributed by atoms with E-state index in [0.29, 0.717) is 18.2 Å². The molecule has 0 spiro atoms. The van der Waals surface area contributed by atoms with E-state index in [-0.39, 0.29) is 29.7 Å². The van der Waals surface area contributed by atoms with E-state index in [1.54, 1.807) is 9.47 Å². The molecule has 3 heterocycles. The lowest BCUT2D eigenvalue weighted by molar-refractivity contribution is 0.0500. The van der Waals surface area contributed by atoms with Gasteiger partial charge in [0.1, 0.15) is 5.56 Å². The van der Waals surface area contributed by atoms with Gasteiger partial charge in [-0.15, -0.1) is 0 Å². The summed E-state index contributed by atoms with van der Waals surface area (Å²) in [5, 5.41) is 10.1. The maximum absolute atomic E-state index is 12.5. The van der Waals surface area contributed by atoms with Gasteiger partial charge in [0.2, 0.25) is 0 Å². The fourth-order valence-electron chi connectivity index (χ4n) is 2.78. The highest BCUT2D eigenvalue weighted by atomic mass is 32.2. The third-order valence-electron chi connectivity index (χ3n) is 3.89. The van der Waals surface area contributed by atoms with Crippen LogP contribution in [-0.2, 0) is 6.54 Å². The van der Waals surface area contributed by atoms with E-state index < -0.39 is 0 Å². The SMILES string of the molecule is O=C(c1cnc2n(c1=O)CCS2)N1CCCCC1CO. The Kier molecular flexibility index (Phi) is 3.80. The van der Waals surface area contributed by atoms with Crippen molar-refractivity contribution in [3.8, 4) is 0 Å². The van der Waals surface area contributed by atoms with Crippen molar-refractivity contribution < 1.29 is 9.90 Å². The molecule has 7 heteroatoms. The number of aliphatic hydroxyl groups is 1. The monoisotopic (exact) mass is 295 g/mol. The molecule has 1 unspecified atom stereocenters. The maximum atomic E-state index is 12.5. The molecule has 3 rings (SSSR count). The third-order valence-corrected chi connectivity index (χ3v) is 4.86. The van der Waals surface area contributed by atoms with Crippen molar-refractivity contribution in [2.24, 2.45) is 0 Å². The van der Waals surface area contributed by atoms with Gasteiger partial charge in [-0.1, -0.05) is 11.8 Å². The Morgan fingerprint density at radius 2 is 2.30 bits per heavy atom. The van der Waals surface area contributed by atoms with Crippen molar-refractivity contribution >= 4 is 17.7 Å². The van der Waals surface area contributed by atoms with Gasteiger partial charge in [-0.2, -0.15) is 0 Å². The number of rotatable bonds is 2. The lowest BCUT2D eigenvalue weighted by Crippen LogP contribution is -2.47. The van der Waals surface area contributed by atoms with Gasteiger partial charge in [0.15, 0.2) is 5.16 Å². The molecule has 1 aromatic rings. The minimum Gasteiger partial charge on any atom is -0.394 e. The highest BCUT2D eigenvalue weighted by Crippen LogP contribution is 2.22. The standard InChI is InChI=1S/C13H17N3O3S/c17-8-9-3-1-2-4-15(9)11(18)10-7-14-13-16(12(10)19)5-6-20-13/h7,9,17H,1-6,8H2. The first kappa shape index (κ1) is 13.6. The van der Waals surface area contributed by atoms with Crippen LogP contribution in [0.4, 0.5) is 0 Å². The Hall–Kier alpha value is -1.34. The number of piperidine rings is 1. The number of nitrogens with zero attached hydrogens (tertiary/aromatic N) is 3. The Balaban J connectivity index is 1.93. The highest BCUT2D eigenvalue weighted by Gasteiger charge is 2.29. The van der Waals surface area contributed by atoms with E-state index in [9.17, 15) is 14.7 Å². The number of hydrogen-bond acceptors (Lipinski definition) is 5. The van der Waals surface area contributed by atoms with Crippen molar-refractivity contribution in [3.63, 3.8) is 0 Å². The summed E-state index contributed by atoms with van der Waals surface area (Å²) < 4.78 is 1.57. The molecule has 1 amide bonds. The maximum Gasteiger partial charge on any atom is 0.267 e. The number of fused-ring (bicyclic) bond motifs is 1. The van der Waals surface area contributed by atoms with Gasteiger partial charge in [0, 0.05) is 25.0 Å². The van der Waals surface area contributed by atoms with Gasteiger partial charge in [0.25, 0.3) is 11.5 Å². The van der Waals surface area contributed by atoms with Crippen LogP contribution in [0.3, 0.4) is 0 Å². The van der Waals surface area contributed by atoms with Gasteiger partial charge >= 0.3 is 0 Å². The quantitative estimate of drug-likeness (QED) is 0.796. The van der Waals surface area contributed by atoms with Crippen LogP contribution in [0.5, 0.6) is 0 Å². The number of aromatic nitrogens is 2. The summed E-state index contributed by atoms with van der Waals surface area (Å²) in [5.74, 6) is 0.525. The average molecular weight is 295 g/mol. The third kappa shape index (κ3) is 2.25. The number of amides is 1. The fourth-order valence-corrected chi connectivity index (χ4v) is 3.69. The van der Waals surface area contributed by atoms with Crippen LogP contribution in [0, 0.1) is 0 Å². The molecule has 0 aliphatic carbocycles. The second kappa shape index (κ2) is 5.57. The zero-order valence-corrected chi connectivity index (χ0v) is 11.9. The van der Waals surface area contributed by atoms with Crippen LogP contribution >= 0.6 is 11.8 Å². The van der Waals surface area contributed by atoms with Gasteiger partial charge < -0.3 is 10.0 Å². The van der Waals surface area contributed by atoms with Crippen LogP contribution in [-0.4, -0.2) is 50.4 Å². The molecule has 1 aromatic heterocycles. The summed E-state index contributed by atoms with van der Waals surface area (Å²) >= 11 is 1.53. The molecule has 6 nitrogen and oxygen atoms in total. The summed E-state index contributed by atoms with van der Waals surface area (Å²) in [5.41, 5.74) is -0.135. The van der Waals surface area contributed by atoms with Crippen LogP contribution in [0.15, 0.2) is 16.1 Å². The second-order valence-corrected chi connectivity index (χ2v) is 6.15. The average Bonchev–Trinajstić information content (AvgIpc) is 2.96. The second-order valence-electron chi connectivity index (χ2n) is 5.09. The van der Waals surface area contributed by atoms with Crippen molar-refractivity contribution in [2.45, 2.75) is 37.0 Å². The van der Waals surface area contributed by atoms with E-state index in [1.807, 2.05) is 0 Å². The van der Waals surface area contributed by atoms with Crippen LogP contribution in [0.2, 0.25) is 0 Å². The molecular weight excluding hydrogens is 278 g/mol. The van der Waals surface area contributed by atoms with Gasteiger partial charge in [0.05, 0.1) is 12.6 Å². The zero-order chi connectivity index (χ0) is 14.1. The van der Waals surface area contributed by atoms with Crippen molar-refractivity contribution in [1.82, 2.24) is 14.5 Å². The number of carbonyl (C=O) groups is 1. The predicted molar refractivity (Wildman–Crippen MR) is 75.0 cm³/mol. The molecule has 2 aliphatic heterocycles. The zero-order valence-electron chi connectivity index (χ0n) is 11.1. The number of carbonyl (C=O) groups excluding carboxylic acids is 1. The number of thioether (sulfide) groups is 1. The fraction of sp³-hybridized carbons (Fsp3) is 0.615. The molecule has 0 bridgehead atoms. The molecule has 0 radical (unpaired) electrons. The molecule has 2 aliphatic rings. The van der Waals surface area contributed by atoms with Crippen LogP contribution in [0.1, 0.15) is 29.6 Å². The summed E-state index contributed by atoms with van der Waals surface area (Å²) in [4.78, 5) is 30.7. The summed E-state index contributed by atoms with van der Waals surface area (Å²) in [7, 11) is 0. The Labute approximate surface area is 120 Å². The Morgan fingerprint density at radius 1 is 1.45 bits per heavy atom. The first-order chi connectivity index (χ1) is 9.72. The lowest BCUT2D eigenvalue weighted by atomic mass is 10.0. The number of aliphatic hydroxyl groups excluding tert-OH is 1. The lowest BCUT2D eigenvalue weighted by Gasteiger charge is -2.34. The van der Waals surface area contributed by atoms with E-state index in [4.69, 9.17) is 0 Å². The number of likely N-dealkylation sites (tertiary alicyclic amines) is 1. The Bertz CT molecular complexity index is 587. The van der Waals surface area contributed by atoms with Crippen LogP contribution < -0.4 is 5.56 Å². The van der Waals surface area contributed by atoms with E-state index >= 15 is 0 Å². The van der Waals surface area contributed by atoms with E-state index in [0.717, 1.165) is 25.0 Å². The minimum atomic E-state index is -0.298. The number of hydrogen-bond donors (Lipinski definition) is 1. The Morgan fingerprint density at radius 3 is 3.10 bits per heavy atom. The molecule has 0 saturated carbocycles. The minimum absolute atomic E-state index is 0.0543. The molecule has 1 saturated heterocycles. The van der Waals surface area contributed by atoms with Crippen molar-refractivity contribution in [3.05, 3.63) is 22.1 Å². The highest BCUT2D eigenvalue weighted by molar-refractivity contribution is 7.99. The molecule has 108 valence electrons. The van der Waals surface area contributed by atoms with Gasteiger partial charge in [-0.05, 0) is 19.3 Å². The molecule has 0 aromatic carbocycles. The van der Waals surface area contributed by atoms with Crippen molar-refractivity contribution in [2.75, 3.05) is 18.9 Å². The molecule has 1 atom stereocenters. The summed E-state index contributed by atoms with van der Waals surface area (Å²) in [6.45, 7) is 1.15. The van der Waals surface area contributed by atoms with E-state index in [2.05, 4.69) is 4.98 Å². The van der Waals surface area contributed by atoms with Gasteiger partial charge in [-0.25, -0.2) is 4.98 Å². The molecule has 1 fully saturated rings. The smallest absolute Gasteiger partial charge is 0.267 e. The first-order valence-electron chi connectivity index (χ1n) is 6.87. The molecular formula is C13H17N3O3S. The van der Waals surface area contributed by atoms with Crippen molar-refractivity contribution in [1.29, 1.82) is 0 Å². The summed E-state index contributed by atoms with van der Waals surface area (Å²) in [6.07, 6.45) is 4.10. The van der Waals surface area contributed by atoms with Gasteiger partial charge in [-0.3, -0.25) is 14.2 Å². The molecule has 1 N–H and O–H groups in total. The first-order valence-corrected chi connectivity index (χ1v) is 7.85. The topological polar surface area (TPSA) is 75.4 Å². The summed E-state index contributed by atoms with van der Waals surface area (Å²) in [6, 6.07) is -0.178. The predicted octanol–water partition coefficient (Wildman–Crippen LogP) is 0.336. The van der Waals surface area contributed by atoms with Crippen LogP contribution in [0.25, 0.3) is 0 Å². The molecule has 20 heavy (non-hydrogen) atoms.